The molecule has 0 aliphatic rings. The summed E-state index contributed by atoms with van der Waals surface area (Å²) < 4.78 is 1.03. The highest BCUT2D eigenvalue weighted by Crippen LogP contribution is 2.30. The van der Waals surface area contributed by atoms with Gasteiger partial charge in [0.1, 0.15) is 10.9 Å². The summed E-state index contributed by atoms with van der Waals surface area (Å²) in [6.45, 7) is 2.01. The second-order valence-electron chi connectivity index (χ2n) is 5.04. The fourth-order valence-electron chi connectivity index (χ4n) is 2.38. The molecular weight excluding hydrogens is 282 g/mol. The lowest BCUT2D eigenvalue weighted by molar-refractivity contribution is -0.138. The number of hydrogen-bond donors (Lipinski definition) is 1. The van der Waals surface area contributed by atoms with Gasteiger partial charge in [0.25, 0.3) is 0 Å². The Hall–Kier alpha value is -2.20. The van der Waals surface area contributed by atoms with Crippen molar-refractivity contribution < 1.29 is 9.90 Å². The van der Waals surface area contributed by atoms with E-state index in [4.69, 9.17) is 0 Å². The standard InChI is InChI=1S/C17H15NO2S/c1-11-6-2-3-7-12(11)10-13(17(19)20)16-18-14-8-4-5-9-15(14)21-16/h2-9,13H,10H2,1H3,(H,19,20). The molecule has 4 heteroatoms. The summed E-state index contributed by atoms with van der Waals surface area (Å²) in [5.74, 6) is -1.42. The molecule has 0 fully saturated rings. The first kappa shape index (κ1) is 13.8. The molecule has 1 atom stereocenters. The maximum absolute atomic E-state index is 11.7. The maximum atomic E-state index is 11.7. The number of rotatable bonds is 4. The van der Waals surface area contributed by atoms with E-state index in [1.54, 1.807) is 0 Å². The molecule has 2 aromatic carbocycles. The van der Waals surface area contributed by atoms with Crippen molar-refractivity contribution in [2.45, 2.75) is 19.3 Å². The molecule has 0 aliphatic carbocycles. The highest BCUT2D eigenvalue weighted by molar-refractivity contribution is 7.18. The van der Waals surface area contributed by atoms with Gasteiger partial charge in [-0.1, -0.05) is 36.4 Å². The summed E-state index contributed by atoms with van der Waals surface area (Å²) in [5.41, 5.74) is 3.04. The zero-order chi connectivity index (χ0) is 14.8. The largest absolute Gasteiger partial charge is 0.481 e. The van der Waals surface area contributed by atoms with Crippen LogP contribution in [-0.2, 0) is 11.2 Å². The molecule has 0 amide bonds. The normalized spacial score (nSPS) is 12.4. The lowest BCUT2D eigenvalue weighted by Crippen LogP contribution is -2.14. The van der Waals surface area contributed by atoms with Crippen LogP contribution in [-0.4, -0.2) is 16.1 Å². The summed E-state index contributed by atoms with van der Waals surface area (Å²) >= 11 is 1.47. The molecule has 3 nitrogen and oxygen atoms in total. The number of carboxylic acids is 1. The van der Waals surface area contributed by atoms with Crippen molar-refractivity contribution in [1.29, 1.82) is 0 Å². The highest BCUT2D eigenvalue weighted by Gasteiger charge is 2.24. The molecule has 3 rings (SSSR count). The van der Waals surface area contributed by atoms with Crippen molar-refractivity contribution in [2.75, 3.05) is 0 Å². The van der Waals surface area contributed by atoms with Crippen molar-refractivity contribution in [3.63, 3.8) is 0 Å². The van der Waals surface area contributed by atoms with Crippen molar-refractivity contribution in [3.8, 4) is 0 Å². The van der Waals surface area contributed by atoms with E-state index < -0.39 is 11.9 Å². The van der Waals surface area contributed by atoms with Crippen LogP contribution in [0.2, 0.25) is 0 Å². The van der Waals surface area contributed by atoms with Crippen LogP contribution in [0, 0.1) is 6.92 Å². The molecule has 0 radical (unpaired) electrons. The van der Waals surface area contributed by atoms with E-state index in [1.807, 2.05) is 55.5 Å². The molecule has 3 aromatic rings. The second kappa shape index (κ2) is 5.66. The summed E-state index contributed by atoms with van der Waals surface area (Å²) in [4.78, 5) is 16.2. The van der Waals surface area contributed by atoms with Crippen LogP contribution in [0.5, 0.6) is 0 Å². The third kappa shape index (κ3) is 2.81. The Labute approximate surface area is 126 Å². The number of aromatic nitrogens is 1. The van der Waals surface area contributed by atoms with E-state index in [2.05, 4.69) is 4.98 Å². The Morgan fingerprint density at radius 2 is 1.90 bits per heavy atom. The molecule has 1 N–H and O–H groups in total. The summed E-state index contributed by atoms with van der Waals surface area (Å²) in [6.07, 6.45) is 0.474. The van der Waals surface area contributed by atoms with Crippen molar-refractivity contribution >= 4 is 27.5 Å². The molecule has 106 valence electrons. The van der Waals surface area contributed by atoms with Crippen LogP contribution in [0.1, 0.15) is 22.1 Å². The third-order valence-corrected chi connectivity index (χ3v) is 4.74. The lowest BCUT2D eigenvalue weighted by Gasteiger charge is -2.11. The zero-order valence-corrected chi connectivity index (χ0v) is 12.4. The molecule has 0 saturated carbocycles. The van der Waals surface area contributed by atoms with E-state index in [-0.39, 0.29) is 0 Å². The number of benzene rings is 2. The molecule has 1 heterocycles. The van der Waals surface area contributed by atoms with Crippen molar-refractivity contribution in [2.24, 2.45) is 0 Å². The van der Waals surface area contributed by atoms with Crippen LogP contribution in [0.25, 0.3) is 10.2 Å². The lowest BCUT2D eigenvalue weighted by atomic mass is 9.96. The zero-order valence-electron chi connectivity index (χ0n) is 11.6. The number of fused-ring (bicyclic) bond motifs is 1. The average Bonchev–Trinajstić information content (AvgIpc) is 2.89. The van der Waals surface area contributed by atoms with Gasteiger partial charge in [-0.15, -0.1) is 11.3 Å². The highest BCUT2D eigenvalue weighted by atomic mass is 32.1. The first-order chi connectivity index (χ1) is 10.1. The number of aryl methyl sites for hydroxylation is 1. The van der Waals surface area contributed by atoms with E-state index in [0.717, 1.165) is 21.3 Å². The quantitative estimate of drug-likeness (QED) is 0.791. The fraction of sp³-hybridized carbons (Fsp3) is 0.176. The molecular formula is C17H15NO2S. The van der Waals surface area contributed by atoms with E-state index in [9.17, 15) is 9.90 Å². The molecule has 1 unspecified atom stereocenters. The minimum atomic E-state index is -0.822. The summed E-state index contributed by atoms with van der Waals surface area (Å²) in [6, 6.07) is 15.7. The Bertz CT molecular complexity index is 761. The van der Waals surface area contributed by atoms with Gasteiger partial charge in [0.15, 0.2) is 0 Å². The van der Waals surface area contributed by atoms with E-state index in [1.165, 1.54) is 11.3 Å². The van der Waals surface area contributed by atoms with E-state index in [0.29, 0.717) is 11.4 Å². The summed E-state index contributed by atoms with van der Waals surface area (Å²) in [7, 11) is 0. The Morgan fingerprint density at radius 3 is 2.62 bits per heavy atom. The Kier molecular flexibility index (Phi) is 3.71. The minimum Gasteiger partial charge on any atom is -0.481 e. The first-order valence-electron chi connectivity index (χ1n) is 6.78. The van der Waals surface area contributed by atoms with Crippen molar-refractivity contribution in [3.05, 3.63) is 64.7 Å². The van der Waals surface area contributed by atoms with Gasteiger partial charge in [0.2, 0.25) is 0 Å². The van der Waals surface area contributed by atoms with Gasteiger partial charge in [0.05, 0.1) is 10.2 Å². The van der Waals surface area contributed by atoms with Gasteiger partial charge >= 0.3 is 5.97 Å². The van der Waals surface area contributed by atoms with Crippen LogP contribution >= 0.6 is 11.3 Å². The number of para-hydroxylation sites is 1. The molecule has 1 aromatic heterocycles. The van der Waals surface area contributed by atoms with Crippen molar-refractivity contribution in [1.82, 2.24) is 4.98 Å². The SMILES string of the molecule is Cc1ccccc1CC(C(=O)O)c1nc2ccccc2s1. The number of aliphatic carboxylic acids is 1. The monoisotopic (exact) mass is 297 g/mol. The number of nitrogens with zero attached hydrogens (tertiary/aromatic N) is 1. The molecule has 0 aliphatic heterocycles. The van der Waals surface area contributed by atoms with Gasteiger partial charge in [-0.25, -0.2) is 4.98 Å². The van der Waals surface area contributed by atoms with Gasteiger partial charge in [-0.05, 0) is 36.6 Å². The predicted molar refractivity (Wildman–Crippen MR) is 84.9 cm³/mol. The Morgan fingerprint density at radius 1 is 1.19 bits per heavy atom. The number of carbonyl (C=O) groups is 1. The second-order valence-corrected chi connectivity index (χ2v) is 6.10. The Balaban J connectivity index is 1.98. The topological polar surface area (TPSA) is 50.2 Å². The van der Waals surface area contributed by atoms with Crippen LogP contribution in [0.15, 0.2) is 48.5 Å². The van der Waals surface area contributed by atoms with Gasteiger partial charge in [-0.3, -0.25) is 4.79 Å². The number of carboxylic acid groups (broad SMARTS) is 1. The average molecular weight is 297 g/mol. The number of hydrogen-bond acceptors (Lipinski definition) is 3. The molecule has 0 spiro atoms. The van der Waals surface area contributed by atoms with Crippen LogP contribution in [0.4, 0.5) is 0 Å². The fourth-order valence-corrected chi connectivity index (χ4v) is 3.44. The maximum Gasteiger partial charge on any atom is 0.313 e. The number of thiazole rings is 1. The van der Waals surface area contributed by atoms with Gasteiger partial charge < -0.3 is 5.11 Å². The summed E-state index contributed by atoms with van der Waals surface area (Å²) in [5, 5.41) is 10.2. The van der Waals surface area contributed by atoms with Crippen LogP contribution in [0.3, 0.4) is 0 Å². The van der Waals surface area contributed by atoms with Gasteiger partial charge in [-0.2, -0.15) is 0 Å². The molecule has 0 bridgehead atoms. The minimum absolute atomic E-state index is 0.474. The first-order valence-corrected chi connectivity index (χ1v) is 7.59. The predicted octanol–water partition coefficient (Wildman–Crippen LogP) is 4.02. The molecule has 0 saturated heterocycles. The molecule has 21 heavy (non-hydrogen) atoms. The third-order valence-electron chi connectivity index (χ3n) is 3.59. The van der Waals surface area contributed by atoms with Gasteiger partial charge in [0, 0.05) is 0 Å². The van der Waals surface area contributed by atoms with Crippen LogP contribution < -0.4 is 0 Å². The van der Waals surface area contributed by atoms with E-state index >= 15 is 0 Å². The smallest absolute Gasteiger partial charge is 0.313 e.